The maximum atomic E-state index is 6.61. The average Bonchev–Trinajstić information content (AvgIpc) is 2.87. The van der Waals surface area contributed by atoms with Crippen LogP contribution < -0.4 is 0 Å². The number of rotatable bonds is 4. The number of alkyl halides is 1. The molecule has 2 rings (SSSR count). The second-order valence-electron chi connectivity index (χ2n) is 7.90. The van der Waals surface area contributed by atoms with Crippen LogP contribution in [0.1, 0.15) is 72.0 Å². The summed E-state index contributed by atoms with van der Waals surface area (Å²) in [6.45, 7) is 11.5. The lowest BCUT2D eigenvalue weighted by Crippen LogP contribution is -2.33. The van der Waals surface area contributed by atoms with Crippen molar-refractivity contribution in [2.75, 3.05) is 0 Å². The maximum absolute atomic E-state index is 6.61. The smallest absolute Gasteiger partial charge is 0.0628 e. The highest BCUT2D eigenvalue weighted by atomic mass is 35.5. The number of halogens is 1. The van der Waals surface area contributed by atoms with Crippen molar-refractivity contribution in [1.82, 2.24) is 9.78 Å². The first-order valence-electron chi connectivity index (χ1n) is 8.49. The van der Waals surface area contributed by atoms with Gasteiger partial charge in [0.25, 0.3) is 0 Å². The van der Waals surface area contributed by atoms with E-state index < -0.39 is 0 Å². The minimum Gasteiger partial charge on any atom is -0.270 e. The van der Waals surface area contributed by atoms with Crippen molar-refractivity contribution in [3.8, 4) is 0 Å². The Bertz CT molecular complexity index is 446. The van der Waals surface area contributed by atoms with E-state index in [2.05, 4.69) is 51.6 Å². The van der Waals surface area contributed by atoms with Gasteiger partial charge in [0.1, 0.15) is 0 Å². The van der Waals surface area contributed by atoms with Crippen molar-refractivity contribution in [3.63, 3.8) is 0 Å². The van der Waals surface area contributed by atoms with Gasteiger partial charge in [0, 0.05) is 17.6 Å². The lowest BCUT2D eigenvalue weighted by molar-refractivity contribution is 0.143. The van der Waals surface area contributed by atoms with Crippen LogP contribution >= 0.6 is 11.6 Å². The number of aromatic nitrogens is 2. The Morgan fingerprint density at radius 3 is 2.71 bits per heavy atom. The van der Waals surface area contributed by atoms with E-state index in [0.717, 1.165) is 25.2 Å². The second-order valence-corrected chi connectivity index (χ2v) is 8.46. The summed E-state index contributed by atoms with van der Waals surface area (Å²) in [7, 11) is 0. The Hall–Kier alpha value is -0.500. The quantitative estimate of drug-likeness (QED) is 0.675. The van der Waals surface area contributed by atoms with Crippen LogP contribution in [0.4, 0.5) is 0 Å². The van der Waals surface area contributed by atoms with Gasteiger partial charge in [-0.3, -0.25) is 4.68 Å². The monoisotopic (exact) mass is 310 g/mol. The zero-order valence-corrected chi connectivity index (χ0v) is 15.0. The molecule has 21 heavy (non-hydrogen) atoms. The Morgan fingerprint density at radius 1 is 1.38 bits per heavy atom. The van der Waals surface area contributed by atoms with Gasteiger partial charge in [-0.05, 0) is 62.3 Å². The molecule has 1 fully saturated rings. The molecule has 4 unspecified atom stereocenters. The largest absolute Gasteiger partial charge is 0.270 e. The predicted molar refractivity (Wildman–Crippen MR) is 90.9 cm³/mol. The Kier molecular flexibility index (Phi) is 5.40. The summed E-state index contributed by atoms with van der Waals surface area (Å²) < 4.78 is 2.10. The lowest BCUT2D eigenvalue weighted by Gasteiger charge is -2.39. The summed E-state index contributed by atoms with van der Waals surface area (Å²) in [4.78, 5) is 0. The van der Waals surface area contributed by atoms with Gasteiger partial charge in [-0.15, -0.1) is 11.6 Å². The van der Waals surface area contributed by atoms with Crippen LogP contribution in [0, 0.1) is 17.3 Å². The maximum Gasteiger partial charge on any atom is 0.0628 e. The van der Waals surface area contributed by atoms with Crippen LogP contribution in [-0.4, -0.2) is 15.2 Å². The third-order valence-corrected chi connectivity index (χ3v) is 5.87. The van der Waals surface area contributed by atoms with Crippen LogP contribution in [-0.2, 0) is 6.42 Å². The first-order valence-corrected chi connectivity index (χ1v) is 8.93. The minimum atomic E-state index is 0.317. The molecule has 1 saturated carbocycles. The molecular weight excluding hydrogens is 280 g/mol. The van der Waals surface area contributed by atoms with Gasteiger partial charge in [0.15, 0.2) is 0 Å². The third-order valence-electron chi connectivity index (χ3n) is 5.29. The molecular formula is C18H31ClN2. The van der Waals surface area contributed by atoms with Gasteiger partial charge in [-0.1, -0.05) is 27.7 Å². The molecule has 0 saturated heterocycles. The Morgan fingerprint density at radius 2 is 2.10 bits per heavy atom. The molecule has 120 valence electrons. The first kappa shape index (κ1) is 16.9. The molecule has 2 nitrogen and oxygen atoms in total. The van der Waals surface area contributed by atoms with Gasteiger partial charge in [0.05, 0.1) is 5.69 Å². The lowest BCUT2D eigenvalue weighted by atomic mass is 9.68. The molecule has 3 heteroatoms. The van der Waals surface area contributed by atoms with E-state index in [0.29, 0.717) is 22.8 Å². The van der Waals surface area contributed by atoms with Crippen LogP contribution in [0.2, 0.25) is 0 Å². The molecule has 0 spiro atoms. The zero-order chi connectivity index (χ0) is 15.6. The van der Waals surface area contributed by atoms with Crippen molar-refractivity contribution in [2.45, 2.75) is 78.1 Å². The molecule has 0 radical (unpaired) electrons. The Balaban J connectivity index is 2.01. The van der Waals surface area contributed by atoms with E-state index in [1.807, 2.05) is 0 Å². The molecule has 1 heterocycles. The number of nitrogens with zero attached hydrogens (tertiary/aromatic N) is 2. The van der Waals surface area contributed by atoms with Crippen LogP contribution in [0.5, 0.6) is 0 Å². The summed E-state index contributed by atoms with van der Waals surface area (Å²) in [5.41, 5.74) is 1.60. The fraction of sp³-hybridized carbons (Fsp3) is 0.833. The second kappa shape index (κ2) is 6.73. The first-order chi connectivity index (χ1) is 9.81. The number of hydrogen-bond acceptors (Lipinski definition) is 1. The molecule has 0 bridgehead atoms. The summed E-state index contributed by atoms with van der Waals surface area (Å²) >= 11 is 6.61. The molecule has 0 N–H and O–H groups in total. The molecule has 0 aromatic carbocycles. The van der Waals surface area contributed by atoms with E-state index >= 15 is 0 Å². The topological polar surface area (TPSA) is 17.8 Å². The number of hydrogen-bond donors (Lipinski definition) is 0. The molecule has 1 aromatic heterocycles. The molecule has 4 atom stereocenters. The Labute approximate surface area is 135 Å². The van der Waals surface area contributed by atoms with Gasteiger partial charge in [-0.2, -0.15) is 5.10 Å². The SMILES string of the molecule is CCC(C)n1ccc(CC2CC(C(C)(C)C)CCC2Cl)n1. The predicted octanol–water partition coefficient (Wildman–Crippen LogP) is 5.47. The van der Waals surface area contributed by atoms with Crippen molar-refractivity contribution in [2.24, 2.45) is 17.3 Å². The van der Waals surface area contributed by atoms with E-state index in [1.54, 1.807) is 0 Å². The average molecular weight is 311 g/mol. The molecule has 1 aliphatic rings. The minimum absolute atomic E-state index is 0.317. The van der Waals surface area contributed by atoms with E-state index in [4.69, 9.17) is 16.7 Å². The van der Waals surface area contributed by atoms with Crippen molar-refractivity contribution in [3.05, 3.63) is 18.0 Å². The van der Waals surface area contributed by atoms with Crippen molar-refractivity contribution < 1.29 is 0 Å². The molecule has 1 aromatic rings. The fourth-order valence-electron chi connectivity index (χ4n) is 3.41. The zero-order valence-electron chi connectivity index (χ0n) is 14.3. The third kappa shape index (κ3) is 4.25. The van der Waals surface area contributed by atoms with Crippen molar-refractivity contribution >= 4 is 11.6 Å². The molecule has 1 aliphatic carbocycles. The van der Waals surface area contributed by atoms with Gasteiger partial charge >= 0.3 is 0 Å². The highest BCUT2D eigenvalue weighted by Gasteiger charge is 2.35. The summed E-state index contributed by atoms with van der Waals surface area (Å²) in [6, 6.07) is 2.66. The molecule has 0 aliphatic heterocycles. The highest BCUT2D eigenvalue weighted by Crippen LogP contribution is 2.42. The summed E-state index contributed by atoms with van der Waals surface area (Å²) in [6.07, 6.45) is 7.94. The van der Waals surface area contributed by atoms with Crippen LogP contribution in [0.3, 0.4) is 0 Å². The van der Waals surface area contributed by atoms with E-state index in [-0.39, 0.29) is 0 Å². The van der Waals surface area contributed by atoms with E-state index in [1.165, 1.54) is 18.5 Å². The van der Waals surface area contributed by atoms with Crippen molar-refractivity contribution in [1.29, 1.82) is 0 Å². The van der Waals surface area contributed by atoms with Crippen LogP contribution in [0.15, 0.2) is 12.3 Å². The standard InChI is InChI=1S/C18H31ClN2/c1-6-13(2)21-10-9-16(20-21)12-14-11-15(18(3,4)5)7-8-17(14)19/h9-10,13-15,17H,6-8,11-12H2,1-5H3. The van der Waals surface area contributed by atoms with Crippen LogP contribution in [0.25, 0.3) is 0 Å². The summed E-state index contributed by atoms with van der Waals surface area (Å²) in [5.74, 6) is 1.36. The summed E-state index contributed by atoms with van der Waals surface area (Å²) in [5, 5.41) is 5.07. The normalized spacial score (nSPS) is 28.6. The van der Waals surface area contributed by atoms with Gasteiger partial charge in [-0.25, -0.2) is 0 Å². The highest BCUT2D eigenvalue weighted by molar-refractivity contribution is 6.20. The van der Waals surface area contributed by atoms with E-state index in [9.17, 15) is 0 Å². The van der Waals surface area contributed by atoms with Gasteiger partial charge in [0.2, 0.25) is 0 Å². The molecule has 0 amide bonds. The fourth-order valence-corrected chi connectivity index (χ4v) is 3.73. The van der Waals surface area contributed by atoms with Gasteiger partial charge < -0.3 is 0 Å².